The molecule has 8 heteroatoms. The fraction of sp³-hybridized carbons (Fsp3) is 0.333. The van der Waals surface area contributed by atoms with Crippen LogP contribution in [0.1, 0.15) is 46.0 Å². The summed E-state index contributed by atoms with van der Waals surface area (Å²) in [6.07, 6.45) is -3.30. The number of carboxylic acids is 1. The SMILES string of the molecule is CCc1ccc(-c2nsc(C(F)(F)F)c2COc2c(C)cc(CCC(=O)O)cc2C)cc1. The van der Waals surface area contributed by atoms with Gasteiger partial charge in [-0.15, -0.1) is 0 Å². The number of ether oxygens (including phenoxy) is 1. The Morgan fingerprint density at radius 2 is 1.72 bits per heavy atom. The molecule has 0 unspecified atom stereocenters. The van der Waals surface area contributed by atoms with E-state index in [0.717, 1.165) is 28.7 Å². The molecule has 32 heavy (non-hydrogen) atoms. The fourth-order valence-corrected chi connectivity index (χ4v) is 4.37. The first-order valence-corrected chi connectivity index (χ1v) is 11.0. The van der Waals surface area contributed by atoms with E-state index < -0.39 is 17.0 Å². The lowest BCUT2D eigenvalue weighted by Gasteiger charge is -2.16. The summed E-state index contributed by atoms with van der Waals surface area (Å²) in [5.41, 5.74) is 4.34. The number of aromatic nitrogens is 1. The molecule has 0 bridgehead atoms. The van der Waals surface area contributed by atoms with Gasteiger partial charge in [0, 0.05) is 17.5 Å². The summed E-state index contributed by atoms with van der Waals surface area (Å²) in [6, 6.07) is 11.0. The van der Waals surface area contributed by atoms with Crippen molar-refractivity contribution >= 4 is 17.5 Å². The van der Waals surface area contributed by atoms with E-state index in [-0.39, 0.29) is 24.3 Å². The van der Waals surface area contributed by atoms with Gasteiger partial charge >= 0.3 is 12.1 Å². The maximum atomic E-state index is 13.7. The lowest BCUT2D eigenvalue weighted by molar-refractivity contribution is -0.137. The predicted molar refractivity (Wildman–Crippen MR) is 118 cm³/mol. The van der Waals surface area contributed by atoms with Crippen LogP contribution in [0.4, 0.5) is 13.2 Å². The van der Waals surface area contributed by atoms with Crippen molar-refractivity contribution in [2.75, 3.05) is 0 Å². The van der Waals surface area contributed by atoms with Crippen LogP contribution < -0.4 is 4.74 Å². The molecule has 0 aliphatic carbocycles. The number of carboxylic acid groups (broad SMARTS) is 1. The van der Waals surface area contributed by atoms with E-state index in [9.17, 15) is 18.0 Å². The fourth-order valence-electron chi connectivity index (χ4n) is 3.60. The van der Waals surface area contributed by atoms with Crippen LogP contribution in [0.3, 0.4) is 0 Å². The lowest BCUT2D eigenvalue weighted by Crippen LogP contribution is -2.09. The van der Waals surface area contributed by atoms with Crippen LogP contribution in [0.25, 0.3) is 11.3 Å². The standard InChI is InChI=1S/C24H24F3NO3S/c1-4-16-5-8-18(9-6-16)21-19(23(32-28-21)24(25,26)27)13-31-22-14(2)11-17(12-15(22)3)7-10-20(29)30/h5-6,8-9,11-12H,4,7,10,13H2,1-3H3,(H,29,30). The van der Waals surface area contributed by atoms with Crippen molar-refractivity contribution in [3.63, 3.8) is 0 Å². The van der Waals surface area contributed by atoms with Gasteiger partial charge in [0.15, 0.2) is 0 Å². The van der Waals surface area contributed by atoms with Crippen LogP contribution in [0.5, 0.6) is 5.75 Å². The smallest absolute Gasteiger partial charge is 0.427 e. The van der Waals surface area contributed by atoms with Crippen molar-refractivity contribution < 1.29 is 27.8 Å². The highest BCUT2D eigenvalue weighted by Gasteiger charge is 2.38. The molecule has 0 amide bonds. The average molecular weight is 464 g/mol. The van der Waals surface area contributed by atoms with E-state index in [0.29, 0.717) is 29.3 Å². The van der Waals surface area contributed by atoms with Gasteiger partial charge in [-0.2, -0.15) is 17.5 Å². The quantitative estimate of drug-likeness (QED) is 0.409. The van der Waals surface area contributed by atoms with Crippen LogP contribution >= 0.6 is 11.5 Å². The second kappa shape index (κ2) is 9.73. The largest absolute Gasteiger partial charge is 0.488 e. The van der Waals surface area contributed by atoms with Gasteiger partial charge < -0.3 is 9.84 Å². The average Bonchev–Trinajstić information content (AvgIpc) is 3.16. The molecule has 0 saturated heterocycles. The van der Waals surface area contributed by atoms with Crippen LogP contribution in [-0.4, -0.2) is 15.4 Å². The second-order valence-electron chi connectivity index (χ2n) is 7.63. The monoisotopic (exact) mass is 463 g/mol. The highest BCUT2D eigenvalue weighted by molar-refractivity contribution is 7.06. The highest BCUT2D eigenvalue weighted by atomic mass is 32.1. The second-order valence-corrected chi connectivity index (χ2v) is 8.40. The number of aliphatic carboxylic acids is 1. The third kappa shape index (κ3) is 5.48. The van der Waals surface area contributed by atoms with Crippen molar-refractivity contribution in [2.24, 2.45) is 0 Å². The van der Waals surface area contributed by atoms with Crippen molar-refractivity contribution in [3.05, 3.63) is 69.1 Å². The molecular formula is C24H24F3NO3S. The minimum Gasteiger partial charge on any atom is -0.488 e. The van der Waals surface area contributed by atoms with Gasteiger partial charge in [-0.1, -0.05) is 43.3 Å². The number of hydrogen-bond donors (Lipinski definition) is 1. The van der Waals surface area contributed by atoms with E-state index in [1.54, 1.807) is 26.0 Å². The maximum absolute atomic E-state index is 13.7. The first-order valence-electron chi connectivity index (χ1n) is 10.2. The Bertz CT molecular complexity index is 1080. The van der Waals surface area contributed by atoms with Crippen molar-refractivity contribution in [2.45, 2.75) is 52.8 Å². The van der Waals surface area contributed by atoms with Gasteiger partial charge in [0.2, 0.25) is 0 Å². The molecule has 0 atom stereocenters. The molecule has 0 radical (unpaired) electrons. The number of hydrogen-bond acceptors (Lipinski definition) is 4. The Hall–Kier alpha value is -2.87. The zero-order valence-corrected chi connectivity index (χ0v) is 18.9. The van der Waals surface area contributed by atoms with E-state index in [1.165, 1.54) is 0 Å². The lowest BCUT2D eigenvalue weighted by atomic mass is 10.0. The molecular weight excluding hydrogens is 439 g/mol. The molecule has 0 aliphatic rings. The molecule has 0 aliphatic heterocycles. The van der Waals surface area contributed by atoms with Crippen LogP contribution in [0.2, 0.25) is 0 Å². The summed E-state index contributed by atoms with van der Waals surface area (Å²) in [4.78, 5) is 10.1. The molecule has 4 nitrogen and oxygen atoms in total. The number of carbonyl (C=O) groups is 1. The number of halogens is 3. The zero-order chi connectivity index (χ0) is 23.5. The van der Waals surface area contributed by atoms with Crippen LogP contribution in [-0.2, 0) is 30.4 Å². The van der Waals surface area contributed by atoms with Crippen molar-refractivity contribution in [1.82, 2.24) is 4.37 Å². The normalized spacial score (nSPS) is 11.6. The van der Waals surface area contributed by atoms with Crippen LogP contribution in [0.15, 0.2) is 36.4 Å². The maximum Gasteiger partial charge on any atom is 0.427 e. The number of nitrogens with zero attached hydrogens (tertiary/aromatic N) is 1. The molecule has 1 heterocycles. The summed E-state index contributed by atoms with van der Waals surface area (Å²) in [6.45, 7) is 5.34. The summed E-state index contributed by atoms with van der Waals surface area (Å²) < 4.78 is 50.9. The zero-order valence-electron chi connectivity index (χ0n) is 18.0. The number of aryl methyl sites for hydroxylation is 4. The predicted octanol–water partition coefficient (Wildman–Crippen LogP) is 6.60. The highest BCUT2D eigenvalue weighted by Crippen LogP contribution is 2.40. The Balaban J connectivity index is 1.91. The molecule has 3 rings (SSSR count). The van der Waals surface area contributed by atoms with Crippen molar-refractivity contribution in [1.29, 1.82) is 0 Å². The topological polar surface area (TPSA) is 59.4 Å². The summed E-state index contributed by atoms with van der Waals surface area (Å²) in [5, 5.41) is 8.88. The number of alkyl halides is 3. The molecule has 1 aromatic heterocycles. The molecule has 0 fully saturated rings. The van der Waals surface area contributed by atoms with E-state index >= 15 is 0 Å². The molecule has 0 saturated carbocycles. The Labute approximate surface area is 188 Å². The van der Waals surface area contributed by atoms with Gasteiger partial charge in [-0.3, -0.25) is 4.79 Å². The minimum atomic E-state index is -4.53. The molecule has 170 valence electrons. The van der Waals surface area contributed by atoms with Crippen LogP contribution in [0, 0.1) is 13.8 Å². The molecule has 3 aromatic rings. The van der Waals surface area contributed by atoms with E-state index in [4.69, 9.17) is 9.84 Å². The van der Waals surface area contributed by atoms with Gasteiger partial charge in [-0.05, 0) is 60.5 Å². The van der Waals surface area contributed by atoms with Crippen molar-refractivity contribution in [3.8, 4) is 17.0 Å². The third-order valence-electron chi connectivity index (χ3n) is 5.19. The summed E-state index contributed by atoms with van der Waals surface area (Å²) in [7, 11) is 0. The molecule has 0 spiro atoms. The van der Waals surface area contributed by atoms with E-state index in [2.05, 4.69) is 4.37 Å². The van der Waals surface area contributed by atoms with Gasteiger partial charge in [-0.25, -0.2) is 0 Å². The van der Waals surface area contributed by atoms with Gasteiger partial charge in [0.1, 0.15) is 17.2 Å². The summed E-state index contributed by atoms with van der Waals surface area (Å²) in [5.74, 6) is -0.388. The van der Waals surface area contributed by atoms with E-state index in [1.807, 2.05) is 31.2 Å². The Kier molecular flexibility index (Phi) is 7.23. The number of rotatable bonds is 8. The Morgan fingerprint density at radius 1 is 1.09 bits per heavy atom. The summed E-state index contributed by atoms with van der Waals surface area (Å²) >= 11 is 0.433. The molecule has 2 aromatic carbocycles. The Morgan fingerprint density at radius 3 is 2.25 bits per heavy atom. The van der Waals surface area contributed by atoms with Gasteiger partial charge in [0.25, 0.3) is 0 Å². The molecule has 1 N–H and O–H groups in total. The number of benzene rings is 2. The third-order valence-corrected chi connectivity index (χ3v) is 6.12. The van der Waals surface area contributed by atoms with Gasteiger partial charge in [0.05, 0.1) is 5.69 Å². The first-order chi connectivity index (χ1) is 15.1. The first kappa shape index (κ1) is 23.8. The minimum absolute atomic E-state index is 0.00871.